The van der Waals surface area contributed by atoms with E-state index < -0.39 is 23.5 Å². The summed E-state index contributed by atoms with van der Waals surface area (Å²) < 4.78 is 58.6. The number of carbonyl (C=O) groups is 1. The van der Waals surface area contributed by atoms with Crippen molar-refractivity contribution in [2.75, 3.05) is 11.9 Å². The van der Waals surface area contributed by atoms with E-state index in [4.69, 9.17) is 4.74 Å². The molecule has 0 unspecified atom stereocenters. The molecule has 146 valence electrons. The molecule has 1 amide bonds. The molecular formula is C19H15F4N3O2. The fraction of sp³-hybridized carbons (Fsp3) is 0.158. The van der Waals surface area contributed by atoms with Crippen molar-refractivity contribution in [3.63, 3.8) is 0 Å². The Morgan fingerprint density at radius 3 is 2.54 bits per heavy atom. The zero-order valence-electron chi connectivity index (χ0n) is 14.4. The summed E-state index contributed by atoms with van der Waals surface area (Å²) in [6.07, 6.45) is -1.63. The zero-order chi connectivity index (χ0) is 20.1. The predicted octanol–water partition coefficient (Wildman–Crippen LogP) is 4.44. The Labute approximate surface area is 157 Å². The monoisotopic (exact) mass is 393 g/mol. The second-order valence-corrected chi connectivity index (χ2v) is 5.78. The molecule has 0 atom stereocenters. The number of nitrogens with one attached hydrogen (secondary N) is 1. The Kier molecular flexibility index (Phi) is 5.62. The van der Waals surface area contributed by atoms with Crippen molar-refractivity contribution in [3.05, 3.63) is 72.3 Å². The van der Waals surface area contributed by atoms with Gasteiger partial charge in [0.1, 0.15) is 11.6 Å². The van der Waals surface area contributed by atoms with Gasteiger partial charge < -0.3 is 10.1 Å². The number of carbonyl (C=O) groups excluding carboxylic acids is 1. The minimum atomic E-state index is -4.55. The largest absolute Gasteiger partial charge is 0.493 e. The summed E-state index contributed by atoms with van der Waals surface area (Å²) in [6.45, 7) is -0.0203. The Hall–Kier alpha value is -3.36. The van der Waals surface area contributed by atoms with Crippen LogP contribution in [0.15, 0.2) is 60.9 Å². The number of aromatic nitrogens is 2. The van der Waals surface area contributed by atoms with Crippen LogP contribution in [0.25, 0.3) is 5.69 Å². The van der Waals surface area contributed by atoms with Crippen LogP contribution in [-0.2, 0) is 11.0 Å². The number of halogens is 4. The molecule has 0 fully saturated rings. The fourth-order valence-corrected chi connectivity index (χ4v) is 2.43. The smallest absolute Gasteiger partial charge is 0.416 e. The Balaban J connectivity index is 1.70. The maximum Gasteiger partial charge on any atom is 0.416 e. The van der Waals surface area contributed by atoms with Crippen LogP contribution in [0.3, 0.4) is 0 Å². The quantitative estimate of drug-likeness (QED) is 0.630. The van der Waals surface area contributed by atoms with Gasteiger partial charge in [0.05, 0.1) is 30.0 Å². The van der Waals surface area contributed by atoms with Gasteiger partial charge in [-0.05, 0) is 48.5 Å². The van der Waals surface area contributed by atoms with Gasteiger partial charge in [-0.15, -0.1) is 0 Å². The average Bonchev–Trinajstić information content (AvgIpc) is 3.17. The second kappa shape index (κ2) is 8.12. The molecule has 0 spiro atoms. The van der Waals surface area contributed by atoms with Crippen LogP contribution in [0, 0.1) is 5.82 Å². The van der Waals surface area contributed by atoms with Crippen molar-refractivity contribution in [2.24, 2.45) is 0 Å². The predicted molar refractivity (Wildman–Crippen MR) is 93.7 cm³/mol. The van der Waals surface area contributed by atoms with Gasteiger partial charge in [-0.2, -0.15) is 18.3 Å². The lowest BCUT2D eigenvalue weighted by atomic mass is 10.1. The number of hydrogen-bond acceptors (Lipinski definition) is 3. The maximum absolute atomic E-state index is 13.0. The lowest BCUT2D eigenvalue weighted by Gasteiger charge is -2.15. The van der Waals surface area contributed by atoms with Gasteiger partial charge in [-0.25, -0.2) is 9.07 Å². The molecule has 9 heteroatoms. The second-order valence-electron chi connectivity index (χ2n) is 5.78. The van der Waals surface area contributed by atoms with Gasteiger partial charge in [0.25, 0.3) is 0 Å². The summed E-state index contributed by atoms with van der Waals surface area (Å²) >= 11 is 0. The van der Waals surface area contributed by atoms with E-state index in [0.717, 1.165) is 12.1 Å². The first-order chi connectivity index (χ1) is 13.3. The number of nitrogens with zero attached hydrogens (tertiary/aromatic N) is 2. The molecule has 0 saturated heterocycles. The van der Waals surface area contributed by atoms with Gasteiger partial charge in [-0.1, -0.05) is 0 Å². The molecule has 0 aliphatic heterocycles. The van der Waals surface area contributed by atoms with Crippen LogP contribution in [-0.4, -0.2) is 22.3 Å². The third kappa shape index (κ3) is 4.87. The van der Waals surface area contributed by atoms with E-state index in [1.54, 1.807) is 12.3 Å². The standard InChI is InChI=1S/C19H15F4N3O2/c20-14-3-5-15(6-4-14)28-11-8-18(27)25-16-12-13(19(21,22)23)2-7-17(16)26-10-1-9-24-26/h1-7,9-10,12H,8,11H2,(H,25,27). The summed E-state index contributed by atoms with van der Waals surface area (Å²) in [7, 11) is 0. The highest BCUT2D eigenvalue weighted by Crippen LogP contribution is 2.33. The lowest BCUT2D eigenvalue weighted by Crippen LogP contribution is -2.17. The minimum Gasteiger partial charge on any atom is -0.493 e. The van der Waals surface area contributed by atoms with Crippen molar-refractivity contribution < 1.29 is 27.1 Å². The van der Waals surface area contributed by atoms with Gasteiger partial charge in [-0.3, -0.25) is 4.79 Å². The van der Waals surface area contributed by atoms with Gasteiger partial charge >= 0.3 is 6.18 Å². The molecular weight excluding hydrogens is 378 g/mol. The number of anilines is 1. The molecule has 0 bridgehead atoms. The Morgan fingerprint density at radius 2 is 1.89 bits per heavy atom. The van der Waals surface area contributed by atoms with Gasteiger partial charge in [0.15, 0.2) is 0 Å². The first kappa shape index (κ1) is 19.4. The SMILES string of the molecule is O=C(CCOc1ccc(F)cc1)Nc1cc(C(F)(F)F)ccc1-n1cccn1. The molecule has 3 aromatic rings. The van der Waals surface area contributed by atoms with Crippen LogP contribution in [0.4, 0.5) is 23.2 Å². The number of amides is 1. The molecule has 3 rings (SSSR count). The first-order valence-corrected chi connectivity index (χ1v) is 8.22. The number of alkyl halides is 3. The maximum atomic E-state index is 13.0. The molecule has 0 radical (unpaired) electrons. The summed E-state index contributed by atoms with van der Waals surface area (Å²) in [4.78, 5) is 12.2. The van der Waals surface area contributed by atoms with Crippen molar-refractivity contribution >= 4 is 11.6 Å². The number of hydrogen-bond donors (Lipinski definition) is 1. The third-order valence-corrected chi connectivity index (χ3v) is 3.76. The number of benzene rings is 2. The van der Waals surface area contributed by atoms with E-state index >= 15 is 0 Å². The first-order valence-electron chi connectivity index (χ1n) is 8.22. The summed E-state index contributed by atoms with van der Waals surface area (Å²) in [5, 5.41) is 6.45. The van der Waals surface area contributed by atoms with Crippen LogP contribution >= 0.6 is 0 Å². The van der Waals surface area contributed by atoms with Gasteiger partial charge in [0, 0.05) is 12.4 Å². The lowest BCUT2D eigenvalue weighted by molar-refractivity contribution is -0.137. The topological polar surface area (TPSA) is 56.1 Å². The summed E-state index contributed by atoms with van der Waals surface area (Å²) in [6, 6.07) is 9.88. The van der Waals surface area contributed by atoms with Crippen molar-refractivity contribution in [1.29, 1.82) is 0 Å². The molecule has 0 aliphatic carbocycles. The third-order valence-electron chi connectivity index (χ3n) is 3.76. The van der Waals surface area contributed by atoms with E-state index in [1.165, 1.54) is 41.2 Å². The zero-order valence-corrected chi connectivity index (χ0v) is 14.4. The van der Waals surface area contributed by atoms with E-state index in [9.17, 15) is 22.4 Å². The van der Waals surface area contributed by atoms with Crippen LogP contribution < -0.4 is 10.1 Å². The van der Waals surface area contributed by atoms with Gasteiger partial charge in [0.2, 0.25) is 5.91 Å². The number of rotatable bonds is 6. The van der Waals surface area contributed by atoms with E-state index in [2.05, 4.69) is 10.4 Å². The highest BCUT2D eigenvalue weighted by Gasteiger charge is 2.31. The van der Waals surface area contributed by atoms with E-state index in [-0.39, 0.29) is 18.7 Å². The molecule has 1 N–H and O–H groups in total. The molecule has 28 heavy (non-hydrogen) atoms. The number of ether oxygens (including phenoxy) is 1. The Bertz CT molecular complexity index is 939. The van der Waals surface area contributed by atoms with Crippen molar-refractivity contribution in [2.45, 2.75) is 12.6 Å². The van der Waals surface area contributed by atoms with Crippen molar-refractivity contribution in [1.82, 2.24) is 9.78 Å². The summed E-state index contributed by atoms with van der Waals surface area (Å²) in [5.41, 5.74) is -0.614. The molecule has 1 heterocycles. The highest BCUT2D eigenvalue weighted by molar-refractivity contribution is 5.93. The van der Waals surface area contributed by atoms with Crippen LogP contribution in [0.2, 0.25) is 0 Å². The Morgan fingerprint density at radius 1 is 1.14 bits per heavy atom. The van der Waals surface area contributed by atoms with E-state index in [0.29, 0.717) is 11.4 Å². The molecule has 0 aliphatic rings. The highest BCUT2D eigenvalue weighted by atomic mass is 19.4. The minimum absolute atomic E-state index is 0.0203. The molecule has 1 aromatic heterocycles. The molecule has 5 nitrogen and oxygen atoms in total. The van der Waals surface area contributed by atoms with Crippen LogP contribution in [0.1, 0.15) is 12.0 Å². The van der Waals surface area contributed by atoms with Crippen molar-refractivity contribution in [3.8, 4) is 11.4 Å². The van der Waals surface area contributed by atoms with E-state index in [1.807, 2.05) is 0 Å². The molecule has 2 aromatic carbocycles. The average molecular weight is 393 g/mol. The summed E-state index contributed by atoms with van der Waals surface area (Å²) in [5.74, 6) is -0.568. The fourth-order valence-electron chi connectivity index (χ4n) is 2.43. The molecule has 0 saturated carbocycles. The normalized spacial score (nSPS) is 11.3. The van der Waals surface area contributed by atoms with Crippen LogP contribution in [0.5, 0.6) is 5.75 Å².